The van der Waals surface area contributed by atoms with Crippen molar-refractivity contribution in [3.8, 4) is 0 Å². The van der Waals surface area contributed by atoms with Crippen molar-refractivity contribution in [1.82, 2.24) is 0 Å². The number of nitrogens with two attached hydrogens (primary N) is 1. The first-order valence-corrected chi connectivity index (χ1v) is 8.31. The van der Waals surface area contributed by atoms with E-state index in [1.165, 1.54) is 16.2 Å². The van der Waals surface area contributed by atoms with Crippen molar-refractivity contribution >= 4 is 11.3 Å². The lowest BCUT2D eigenvalue weighted by molar-refractivity contribution is 0.0491. The summed E-state index contributed by atoms with van der Waals surface area (Å²) in [6.45, 7) is 11.7. The van der Waals surface area contributed by atoms with E-state index in [1.807, 2.05) is 11.3 Å². The van der Waals surface area contributed by atoms with Crippen LogP contribution in [0.1, 0.15) is 63.6 Å². The Kier molecular flexibility index (Phi) is 3.88. The molecule has 1 aromatic rings. The van der Waals surface area contributed by atoms with Crippen LogP contribution < -0.4 is 5.73 Å². The first-order valence-electron chi connectivity index (χ1n) is 7.50. The number of hydrogen-bond donors (Lipinski definition) is 1. The molecule has 0 aliphatic heterocycles. The second-order valence-corrected chi connectivity index (χ2v) is 9.37. The van der Waals surface area contributed by atoms with Gasteiger partial charge in [-0.1, -0.05) is 34.6 Å². The maximum Gasteiger partial charge on any atom is 0.0213 e. The highest BCUT2D eigenvalue weighted by molar-refractivity contribution is 7.12. The zero-order valence-electron chi connectivity index (χ0n) is 13.2. The number of thiophene rings is 1. The van der Waals surface area contributed by atoms with Crippen LogP contribution in [0, 0.1) is 10.8 Å². The van der Waals surface area contributed by atoms with E-state index in [2.05, 4.69) is 46.8 Å². The average Bonchev–Trinajstić information content (AvgIpc) is 2.58. The van der Waals surface area contributed by atoms with E-state index in [0.29, 0.717) is 10.8 Å². The van der Waals surface area contributed by atoms with Gasteiger partial charge < -0.3 is 5.73 Å². The highest BCUT2D eigenvalue weighted by Crippen LogP contribution is 2.50. The molecular weight excluding hydrogens is 250 g/mol. The molecule has 0 atom stereocenters. The van der Waals surface area contributed by atoms with Crippen LogP contribution in [0.5, 0.6) is 0 Å². The Balaban J connectivity index is 2.17. The molecule has 0 unspecified atom stereocenters. The van der Waals surface area contributed by atoms with Gasteiger partial charge in [0.25, 0.3) is 0 Å². The summed E-state index contributed by atoms with van der Waals surface area (Å²) >= 11 is 1.95. The van der Waals surface area contributed by atoms with Crippen molar-refractivity contribution < 1.29 is 0 Å². The van der Waals surface area contributed by atoms with E-state index >= 15 is 0 Å². The molecule has 108 valence electrons. The van der Waals surface area contributed by atoms with Crippen molar-refractivity contribution in [2.24, 2.45) is 16.6 Å². The standard InChI is InChI=1S/C17H29NS/c1-6-13-7-8-14(19-13)9-17(18)11-15(2,3)10-16(4,5)12-17/h7-8H,6,9-12,18H2,1-5H3. The molecular formula is C17H29NS. The monoisotopic (exact) mass is 279 g/mol. The van der Waals surface area contributed by atoms with Crippen molar-refractivity contribution in [3.63, 3.8) is 0 Å². The summed E-state index contributed by atoms with van der Waals surface area (Å²) in [6, 6.07) is 4.55. The number of rotatable bonds is 3. The molecule has 0 amide bonds. The molecule has 19 heavy (non-hydrogen) atoms. The Hall–Kier alpha value is -0.340. The van der Waals surface area contributed by atoms with E-state index in [-0.39, 0.29) is 5.54 Å². The van der Waals surface area contributed by atoms with Crippen molar-refractivity contribution in [1.29, 1.82) is 0 Å². The summed E-state index contributed by atoms with van der Waals surface area (Å²) < 4.78 is 0. The summed E-state index contributed by atoms with van der Waals surface area (Å²) in [6.07, 6.45) is 5.75. The van der Waals surface area contributed by atoms with Crippen LogP contribution >= 0.6 is 11.3 Å². The summed E-state index contributed by atoms with van der Waals surface area (Å²) in [7, 11) is 0. The van der Waals surface area contributed by atoms with E-state index in [9.17, 15) is 0 Å². The summed E-state index contributed by atoms with van der Waals surface area (Å²) in [4.78, 5) is 2.95. The molecule has 1 fully saturated rings. The molecule has 0 spiro atoms. The van der Waals surface area contributed by atoms with E-state index in [4.69, 9.17) is 5.73 Å². The molecule has 1 heterocycles. The van der Waals surface area contributed by atoms with Gasteiger partial charge in [0.2, 0.25) is 0 Å². The molecule has 0 radical (unpaired) electrons. The molecule has 2 N–H and O–H groups in total. The molecule has 0 bridgehead atoms. The normalized spacial score (nSPS) is 24.3. The lowest BCUT2D eigenvalue weighted by Gasteiger charge is -2.50. The molecule has 1 aromatic heterocycles. The lowest BCUT2D eigenvalue weighted by atomic mass is 9.58. The predicted molar refractivity (Wildman–Crippen MR) is 85.7 cm³/mol. The van der Waals surface area contributed by atoms with Crippen molar-refractivity contribution in [2.75, 3.05) is 0 Å². The van der Waals surface area contributed by atoms with Crippen LogP contribution in [-0.4, -0.2) is 5.54 Å². The predicted octanol–water partition coefficient (Wildman–Crippen LogP) is 4.79. The largest absolute Gasteiger partial charge is 0.325 e. The summed E-state index contributed by atoms with van der Waals surface area (Å²) in [5.41, 5.74) is 7.50. The third-order valence-electron chi connectivity index (χ3n) is 4.21. The second-order valence-electron chi connectivity index (χ2n) is 8.12. The molecule has 2 rings (SSSR count). The smallest absolute Gasteiger partial charge is 0.0213 e. The maximum atomic E-state index is 6.80. The molecule has 1 aliphatic rings. The van der Waals surface area contributed by atoms with Gasteiger partial charge in [-0.25, -0.2) is 0 Å². The fraction of sp³-hybridized carbons (Fsp3) is 0.765. The molecule has 0 saturated heterocycles. The third-order valence-corrected chi connectivity index (χ3v) is 5.44. The molecule has 2 heteroatoms. The Morgan fingerprint density at radius 1 is 1.00 bits per heavy atom. The summed E-state index contributed by atoms with van der Waals surface area (Å²) in [5, 5.41) is 0. The zero-order valence-corrected chi connectivity index (χ0v) is 14.0. The van der Waals surface area contributed by atoms with Gasteiger partial charge in [-0.3, -0.25) is 0 Å². The van der Waals surface area contributed by atoms with Gasteiger partial charge >= 0.3 is 0 Å². The highest BCUT2D eigenvalue weighted by atomic mass is 32.1. The van der Waals surface area contributed by atoms with E-state index in [0.717, 1.165) is 25.7 Å². The first-order chi connectivity index (χ1) is 8.63. The van der Waals surface area contributed by atoms with E-state index in [1.54, 1.807) is 0 Å². The van der Waals surface area contributed by atoms with Gasteiger partial charge in [-0.05, 0) is 55.1 Å². The van der Waals surface area contributed by atoms with Crippen LogP contribution in [0.25, 0.3) is 0 Å². The number of hydrogen-bond acceptors (Lipinski definition) is 2. The first kappa shape index (κ1) is 15.1. The van der Waals surface area contributed by atoms with Crippen LogP contribution in [0.4, 0.5) is 0 Å². The SMILES string of the molecule is CCc1ccc(CC2(N)CC(C)(C)CC(C)(C)C2)s1. The van der Waals surface area contributed by atoms with E-state index < -0.39 is 0 Å². The molecule has 1 saturated carbocycles. The van der Waals surface area contributed by atoms with Crippen LogP contribution in [0.15, 0.2) is 12.1 Å². The summed E-state index contributed by atoms with van der Waals surface area (Å²) in [5.74, 6) is 0. The van der Waals surface area contributed by atoms with Crippen LogP contribution in [0.2, 0.25) is 0 Å². The van der Waals surface area contributed by atoms with Gasteiger partial charge in [0.1, 0.15) is 0 Å². The Morgan fingerprint density at radius 2 is 1.53 bits per heavy atom. The highest BCUT2D eigenvalue weighted by Gasteiger charge is 2.45. The number of aryl methyl sites for hydroxylation is 1. The van der Waals surface area contributed by atoms with Gasteiger partial charge in [0.15, 0.2) is 0 Å². The lowest BCUT2D eigenvalue weighted by Crippen LogP contribution is -2.53. The minimum Gasteiger partial charge on any atom is -0.325 e. The Labute approximate surface area is 122 Å². The van der Waals surface area contributed by atoms with Crippen LogP contribution in [-0.2, 0) is 12.8 Å². The fourth-order valence-electron chi connectivity index (χ4n) is 4.57. The minimum absolute atomic E-state index is 0.0267. The average molecular weight is 279 g/mol. The zero-order chi connectivity index (χ0) is 14.3. The Morgan fingerprint density at radius 3 is 2.00 bits per heavy atom. The van der Waals surface area contributed by atoms with Crippen molar-refractivity contribution in [2.45, 2.75) is 72.3 Å². The second kappa shape index (κ2) is 4.89. The topological polar surface area (TPSA) is 26.0 Å². The van der Waals surface area contributed by atoms with Crippen LogP contribution in [0.3, 0.4) is 0 Å². The molecule has 1 aliphatic carbocycles. The molecule has 1 nitrogen and oxygen atoms in total. The Bertz CT molecular complexity index is 426. The minimum atomic E-state index is -0.0267. The maximum absolute atomic E-state index is 6.80. The van der Waals surface area contributed by atoms with Gasteiger partial charge in [-0.2, -0.15) is 0 Å². The van der Waals surface area contributed by atoms with Crippen molar-refractivity contribution in [3.05, 3.63) is 21.9 Å². The fourth-order valence-corrected chi connectivity index (χ4v) is 5.68. The van der Waals surface area contributed by atoms with Gasteiger partial charge in [-0.15, -0.1) is 11.3 Å². The quantitative estimate of drug-likeness (QED) is 0.846. The van der Waals surface area contributed by atoms with Gasteiger partial charge in [0.05, 0.1) is 0 Å². The van der Waals surface area contributed by atoms with Gasteiger partial charge in [0, 0.05) is 15.3 Å². The molecule has 0 aromatic carbocycles. The third kappa shape index (κ3) is 3.82.